The van der Waals surface area contributed by atoms with Crippen LogP contribution >= 0.6 is 0 Å². The van der Waals surface area contributed by atoms with Crippen LogP contribution in [-0.2, 0) is 4.79 Å². The van der Waals surface area contributed by atoms with E-state index in [1.807, 2.05) is 25.1 Å². The Morgan fingerprint density at radius 1 is 1.39 bits per heavy atom. The van der Waals surface area contributed by atoms with Crippen molar-refractivity contribution in [3.63, 3.8) is 0 Å². The molecule has 2 rings (SSSR count). The molecule has 0 aliphatic heterocycles. The van der Waals surface area contributed by atoms with Gasteiger partial charge in [-0.05, 0) is 0 Å². The predicted molar refractivity (Wildman–Crippen MR) is 74.2 cm³/mol. The van der Waals surface area contributed by atoms with E-state index in [1.54, 1.807) is 6.92 Å². The Hall–Kier alpha value is -0.631. The van der Waals surface area contributed by atoms with Gasteiger partial charge < -0.3 is 0 Å². The maximum absolute atomic E-state index is 11.5. The maximum atomic E-state index is 11.5. The van der Waals surface area contributed by atoms with Crippen LogP contribution in [0.25, 0.3) is 0 Å². The summed E-state index contributed by atoms with van der Waals surface area (Å²) in [7, 11) is 0. The molecule has 1 N–H and O–H groups in total. The van der Waals surface area contributed by atoms with E-state index >= 15 is 0 Å². The van der Waals surface area contributed by atoms with Gasteiger partial charge in [0.25, 0.3) is 0 Å². The van der Waals surface area contributed by atoms with Crippen LogP contribution in [0.5, 0.6) is 0 Å². The summed E-state index contributed by atoms with van der Waals surface area (Å²) >= 11 is 0.235. The molecule has 0 radical (unpaired) electrons. The quantitative estimate of drug-likeness (QED) is 0.866. The molecule has 0 amide bonds. The molecule has 0 aromatic heterocycles. The van der Waals surface area contributed by atoms with Crippen LogP contribution < -0.4 is 4.46 Å². The topological polar surface area (TPSA) is 37.3 Å². The zero-order chi connectivity index (χ0) is 13.2. The van der Waals surface area contributed by atoms with E-state index in [2.05, 4.69) is 12.1 Å². The van der Waals surface area contributed by atoms with Crippen LogP contribution in [0, 0.1) is 5.92 Å². The summed E-state index contributed by atoms with van der Waals surface area (Å²) in [5.74, 6) is 0.431. The minimum atomic E-state index is -0.609. The van der Waals surface area contributed by atoms with Crippen LogP contribution in [0.1, 0.15) is 33.1 Å². The van der Waals surface area contributed by atoms with E-state index < -0.39 is 5.60 Å². The summed E-state index contributed by atoms with van der Waals surface area (Å²) in [6.07, 6.45) is 2.43. The molecule has 1 aliphatic carbocycles. The van der Waals surface area contributed by atoms with Crippen molar-refractivity contribution in [2.75, 3.05) is 0 Å². The first kappa shape index (κ1) is 13.8. The van der Waals surface area contributed by atoms with Crippen LogP contribution in [0.4, 0.5) is 0 Å². The van der Waals surface area contributed by atoms with Gasteiger partial charge >= 0.3 is 115 Å². The molecule has 1 aliphatic rings. The fourth-order valence-corrected chi connectivity index (χ4v) is 5.28. The average molecular weight is 311 g/mol. The van der Waals surface area contributed by atoms with Crippen molar-refractivity contribution < 1.29 is 9.90 Å². The number of Topliss-reactive ketones (excluding diaryl/α,β-unsaturated/α-hetero) is 1. The van der Waals surface area contributed by atoms with Crippen molar-refractivity contribution in [3.05, 3.63) is 30.3 Å². The Labute approximate surface area is 115 Å². The molecule has 1 fully saturated rings. The summed E-state index contributed by atoms with van der Waals surface area (Å²) in [6.45, 7) is 3.61. The van der Waals surface area contributed by atoms with Gasteiger partial charge in [-0.2, -0.15) is 0 Å². The molecule has 2 nitrogen and oxygen atoms in total. The van der Waals surface area contributed by atoms with E-state index in [-0.39, 0.29) is 31.5 Å². The molecule has 0 saturated heterocycles. The molecule has 1 aromatic carbocycles. The third-order valence-corrected chi connectivity index (χ3v) is 7.00. The fraction of sp³-hybridized carbons (Fsp3) is 0.533. The standard InChI is InChI=1S/C15H20O2Se/c1-11(16)12-8-9-15(2,17)14(10-12)18-13-6-4-3-5-7-13/h3-7,12,14,17H,8-10H2,1-2H3/t12-,14+,15+/m1/s1. The first-order chi connectivity index (χ1) is 8.49. The van der Waals surface area contributed by atoms with Crippen molar-refractivity contribution in [1.82, 2.24) is 0 Å². The van der Waals surface area contributed by atoms with Crippen molar-refractivity contribution in [3.8, 4) is 0 Å². The Kier molecular flexibility index (Phi) is 4.26. The summed E-state index contributed by atoms with van der Waals surface area (Å²) in [5, 5.41) is 10.5. The van der Waals surface area contributed by atoms with E-state index in [1.165, 1.54) is 4.46 Å². The Morgan fingerprint density at radius 2 is 2.06 bits per heavy atom. The molecule has 1 saturated carbocycles. The molecule has 3 atom stereocenters. The Morgan fingerprint density at radius 3 is 2.67 bits per heavy atom. The van der Waals surface area contributed by atoms with E-state index in [9.17, 15) is 9.90 Å². The average Bonchev–Trinajstić information content (AvgIpc) is 2.33. The third kappa shape index (κ3) is 3.22. The number of hydrogen-bond donors (Lipinski definition) is 1. The van der Waals surface area contributed by atoms with Gasteiger partial charge in [-0.15, -0.1) is 0 Å². The number of carbonyl (C=O) groups excluding carboxylic acids is 1. The third-order valence-electron chi connectivity index (χ3n) is 3.79. The second-order valence-electron chi connectivity index (χ2n) is 5.36. The molecule has 3 heteroatoms. The van der Waals surface area contributed by atoms with Crippen molar-refractivity contribution in [2.45, 2.75) is 43.5 Å². The molecule has 0 heterocycles. The molecular weight excluding hydrogens is 291 g/mol. The second-order valence-corrected chi connectivity index (χ2v) is 8.04. The molecule has 98 valence electrons. The molecule has 0 spiro atoms. The van der Waals surface area contributed by atoms with Gasteiger partial charge in [0.1, 0.15) is 0 Å². The summed E-state index contributed by atoms with van der Waals surface area (Å²) in [4.78, 5) is 11.8. The van der Waals surface area contributed by atoms with Gasteiger partial charge in [-0.25, -0.2) is 0 Å². The van der Waals surface area contributed by atoms with Crippen molar-refractivity contribution in [2.24, 2.45) is 5.92 Å². The van der Waals surface area contributed by atoms with Crippen LogP contribution in [0.3, 0.4) is 0 Å². The fourth-order valence-electron chi connectivity index (χ4n) is 2.47. The number of benzene rings is 1. The number of ketones is 1. The molecule has 1 aromatic rings. The minimum absolute atomic E-state index is 0.154. The van der Waals surface area contributed by atoms with Crippen LogP contribution in [0.2, 0.25) is 4.82 Å². The second kappa shape index (κ2) is 5.56. The SMILES string of the molecule is CC(=O)[C@@H]1CC[C@](C)(O)[C@@H]([Se]c2ccccc2)C1. The zero-order valence-corrected chi connectivity index (χ0v) is 12.6. The van der Waals surface area contributed by atoms with E-state index in [4.69, 9.17) is 0 Å². The van der Waals surface area contributed by atoms with Crippen molar-refractivity contribution in [1.29, 1.82) is 0 Å². The zero-order valence-electron chi connectivity index (χ0n) is 10.9. The van der Waals surface area contributed by atoms with Gasteiger partial charge in [0.2, 0.25) is 0 Å². The number of aliphatic hydroxyl groups is 1. The van der Waals surface area contributed by atoms with Crippen LogP contribution in [-0.4, -0.2) is 31.4 Å². The van der Waals surface area contributed by atoms with Crippen molar-refractivity contribution >= 4 is 25.2 Å². The number of rotatable bonds is 3. The van der Waals surface area contributed by atoms with Gasteiger partial charge in [-0.1, -0.05) is 0 Å². The predicted octanol–water partition coefficient (Wildman–Crippen LogP) is 1.94. The normalized spacial score (nSPS) is 32.2. The molecular formula is C15H20O2Se. The monoisotopic (exact) mass is 312 g/mol. The first-order valence-corrected chi connectivity index (χ1v) is 8.28. The molecule has 18 heavy (non-hydrogen) atoms. The van der Waals surface area contributed by atoms with Crippen LogP contribution in [0.15, 0.2) is 30.3 Å². The number of carbonyl (C=O) groups is 1. The number of hydrogen-bond acceptors (Lipinski definition) is 2. The van der Waals surface area contributed by atoms with Gasteiger partial charge in [0, 0.05) is 0 Å². The summed E-state index contributed by atoms with van der Waals surface area (Å²) in [5.41, 5.74) is -0.609. The van der Waals surface area contributed by atoms with E-state index in [0.29, 0.717) is 0 Å². The Bertz CT molecular complexity index is 414. The van der Waals surface area contributed by atoms with Gasteiger partial charge in [0.05, 0.1) is 0 Å². The van der Waals surface area contributed by atoms with E-state index in [0.717, 1.165) is 19.3 Å². The first-order valence-electron chi connectivity index (χ1n) is 6.43. The Balaban J connectivity index is 2.10. The van der Waals surface area contributed by atoms with Gasteiger partial charge in [0.15, 0.2) is 0 Å². The molecule has 0 bridgehead atoms. The van der Waals surface area contributed by atoms with Gasteiger partial charge in [-0.3, -0.25) is 0 Å². The molecule has 0 unspecified atom stereocenters. The summed E-state index contributed by atoms with van der Waals surface area (Å²) in [6, 6.07) is 10.3. The summed E-state index contributed by atoms with van der Waals surface area (Å²) < 4.78 is 1.31.